The van der Waals surface area contributed by atoms with Crippen molar-refractivity contribution in [1.29, 1.82) is 0 Å². The number of nitrogens with zero attached hydrogens (tertiary/aromatic N) is 1. The molecule has 0 bridgehead atoms. The van der Waals surface area contributed by atoms with Crippen LogP contribution in [0.2, 0.25) is 0 Å². The van der Waals surface area contributed by atoms with Gasteiger partial charge in [0.2, 0.25) is 0 Å². The molecule has 96 valence electrons. The molecule has 4 nitrogen and oxygen atoms in total. The van der Waals surface area contributed by atoms with Gasteiger partial charge in [0.1, 0.15) is 4.88 Å². The van der Waals surface area contributed by atoms with Crippen molar-refractivity contribution in [3.8, 4) is 5.75 Å². The van der Waals surface area contributed by atoms with Crippen LogP contribution in [-0.2, 0) is 0 Å². The van der Waals surface area contributed by atoms with Gasteiger partial charge >= 0.3 is 0 Å². The second-order valence-corrected chi connectivity index (χ2v) is 5.46. The molecule has 0 aliphatic rings. The molecule has 0 spiro atoms. The summed E-state index contributed by atoms with van der Waals surface area (Å²) in [6.07, 6.45) is 0. The molecular formula is C11H16BrNO3S. The fourth-order valence-corrected chi connectivity index (χ4v) is 3.21. The number of halogens is 1. The Hall–Kier alpha value is -0.590. The zero-order chi connectivity index (χ0) is 13.0. The molecule has 1 heterocycles. The monoisotopic (exact) mass is 321 g/mol. The van der Waals surface area contributed by atoms with E-state index in [1.165, 1.54) is 11.3 Å². The fourth-order valence-electron chi connectivity index (χ4n) is 1.49. The molecule has 0 saturated heterocycles. The molecule has 1 rings (SSSR count). The Morgan fingerprint density at radius 1 is 1.59 bits per heavy atom. The third kappa shape index (κ3) is 3.00. The van der Waals surface area contributed by atoms with Gasteiger partial charge < -0.3 is 14.7 Å². The molecule has 1 N–H and O–H groups in total. The van der Waals surface area contributed by atoms with Crippen LogP contribution in [0.1, 0.15) is 21.5 Å². The predicted molar refractivity (Wildman–Crippen MR) is 72.0 cm³/mol. The second-order valence-electron chi connectivity index (χ2n) is 3.44. The van der Waals surface area contributed by atoms with E-state index in [9.17, 15) is 4.79 Å². The van der Waals surface area contributed by atoms with Gasteiger partial charge in [0.25, 0.3) is 5.91 Å². The van der Waals surface area contributed by atoms with E-state index in [1.807, 2.05) is 13.8 Å². The summed E-state index contributed by atoms with van der Waals surface area (Å²) in [5.74, 6) is 0.478. The number of amides is 1. The molecule has 0 saturated carbocycles. The van der Waals surface area contributed by atoms with Crippen molar-refractivity contribution in [2.75, 3.05) is 26.8 Å². The Morgan fingerprint density at radius 3 is 2.71 bits per heavy atom. The minimum atomic E-state index is -0.0998. The zero-order valence-electron chi connectivity index (χ0n) is 10.1. The number of methoxy groups -OCH3 is 1. The maximum absolute atomic E-state index is 12.2. The van der Waals surface area contributed by atoms with Crippen LogP contribution in [0.4, 0.5) is 0 Å². The number of carbonyl (C=O) groups excluding carboxylic acids is 1. The first-order valence-corrected chi connectivity index (χ1v) is 6.90. The van der Waals surface area contributed by atoms with Crippen molar-refractivity contribution < 1.29 is 14.6 Å². The number of aliphatic hydroxyl groups excluding tert-OH is 1. The molecule has 17 heavy (non-hydrogen) atoms. The van der Waals surface area contributed by atoms with E-state index in [4.69, 9.17) is 9.84 Å². The number of ether oxygens (including phenoxy) is 1. The van der Waals surface area contributed by atoms with E-state index in [2.05, 4.69) is 15.9 Å². The van der Waals surface area contributed by atoms with Gasteiger partial charge in [-0.2, -0.15) is 0 Å². The van der Waals surface area contributed by atoms with Crippen molar-refractivity contribution in [2.45, 2.75) is 13.8 Å². The average Bonchev–Trinajstić information content (AvgIpc) is 2.61. The Bertz CT molecular complexity index is 406. The van der Waals surface area contributed by atoms with Crippen molar-refractivity contribution in [2.24, 2.45) is 0 Å². The van der Waals surface area contributed by atoms with Gasteiger partial charge in [0.15, 0.2) is 5.75 Å². The molecule has 0 radical (unpaired) electrons. The van der Waals surface area contributed by atoms with Crippen molar-refractivity contribution in [3.63, 3.8) is 0 Å². The third-order valence-corrected chi connectivity index (χ3v) is 4.70. The first-order valence-electron chi connectivity index (χ1n) is 5.29. The van der Waals surface area contributed by atoms with Crippen LogP contribution >= 0.6 is 27.3 Å². The SMILES string of the molecule is CCN(CCO)C(=O)c1sc(C)c(Br)c1OC. The summed E-state index contributed by atoms with van der Waals surface area (Å²) in [5, 5.41) is 8.92. The summed E-state index contributed by atoms with van der Waals surface area (Å²) in [6, 6.07) is 0. The molecule has 0 aromatic carbocycles. The Labute approximate surface area is 113 Å². The zero-order valence-corrected chi connectivity index (χ0v) is 12.5. The predicted octanol–water partition coefficient (Wildman–Crippen LogP) is 2.28. The van der Waals surface area contributed by atoms with Crippen molar-refractivity contribution in [3.05, 3.63) is 14.2 Å². The third-order valence-electron chi connectivity index (χ3n) is 2.41. The summed E-state index contributed by atoms with van der Waals surface area (Å²) < 4.78 is 6.07. The highest BCUT2D eigenvalue weighted by molar-refractivity contribution is 9.10. The fraction of sp³-hybridized carbons (Fsp3) is 0.545. The van der Waals surface area contributed by atoms with E-state index in [1.54, 1.807) is 12.0 Å². The van der Waals surface area contributed by atoms with Crippen LogP contribution in [0.3, 0.4) is 0 Å². The quantitative estimate of drug-likeness (QED) is 0.905. The maximum atomic E-state index is 12.2. The number of rotatable bonds is 5. The highest BCUT2D eigenvalue weighted by Crippen LogP contribution is 2.39. The van der Waals surface area contributed by atoms with Crippen molar-refractivity contribution in [1.82, 2.24) is 4.90 Å². The van der Waals surface area contributed by atoms with Gasteiger partial charge in [-0.05, 0) is 29.8 Å². The lowest BCUT2D eigenvalue weighted by atomic mass is 10.3. The first-order chi connectivity index (χ1) is 8.06. The minimum absolute atomic E-state index is 0.0343. The van der Waals surface area contributed by atoms with Gasteiger partial charge in [-0.1, -0.05) is 0 Å². The van der Waals surface area contributed by atoms with Crippen LogP contribution in [0.15, 0.2) is 4.47 Å². The van der Waals surface area contributed by atoms with E-state index in [0.29, 0.717) is 23.7 Å². The normalized spacial score (nSPS) is 10.4. The van der Waals surface area contributed by atoms with Crippen LogP contribution < -0.4 is 4.74 Å². The van der Waals surface area contributed by atoms with E-state index < -0.39 is 0 Å². The number of hydrogen-bond acceptors (Lipinski definition) is 4. The van der Waals surface area contributed by atoms with Crippen LogP contribution in [-0.4, -0.2) is 42.7 Å². The molecule has 0 aliphatic heterocycles. The number of aryl methyl sites for hydroxylation is 1. The van der Waals surface area contributed by atoms with Crippen LogP contribution in [0.5, 0.6) is 5.75 Å². The summed E-state index contributed by atoms with van der Waals surface area (Å²) in [4.78, 5) is 15.4. The lowest BCUT2D eigenvalue weighted by molar-refractivity contribution is 0.0733. The Kier molecular flexibility index (Phi) is 5.42. The molecular weight excluding hydrogens is 306 g/mol. The van der Waals surface area contributed by atoms with Gasteiger partial charge in [0.05, 0.1) is 18.2 Å². The van der Waals surface area contributed by atoms with Crippen LogP contribution in [0.25, 0.3) is 0 Å². The number of aliphatic hydroxyl groups is 1. The summed E-state index contributed by atoms with van der Waals surface area (Å²) in [5.41, 5.74) is 0. The largest absolute Gasteiger partial charge is 0.494 e. The molecule has 0 fully saturated rings. The summed E-state index contributed by atoms with van der Waals surface area (Å²) >= 11 is 4.80. The highest BCUT2D eigenvalue weighted by Gasteiger charge is 2.24. The standard InChI is InChI=1S/C11H16BrNO3S/c1-4-13(5-6-14)11(15)10-9(16-3)8(12)7(2)17-10/h14H,4-6H2,1-3H3. The molecule has 1 aromatic rings. The number of hydrogen-bond donors (Lipinski definition) is 1. The summed E-state index contributed by atoms with van der Waals surface area (Å²) in [6.45, 7) is 4.68. The maximum Gasteiger partial charge on any atom is 0.267 e. The Morgan fingerprint density at radius 2 is 2.24 bits per heavy atom. The lowest BCUT2D eigenvalue weighted by Crippen LogP contribution is -2.33. The van der Waals surface area contributed by atoms with E-state index in [-0.39, 0.29) is 12.5 Å². The molecule has 0 unspecified atom stereocenters. The van der Waals surface area contributed by atoms with E-state index >= 15 is 0 Å². The van der Waals surface area contributed by atoms with E-state index in [0.717, 1.165) is 9.35 Å². The molecule has 0 atom stereocenters. The lowest BCUT2D eigenvalue weighted by Gasteiger charge is -2.19. The molecule has 1 amide bonds. The summed E-state index contributed by atoms with van der Waals surface area (Å²) in [7, 11) is 1.55. The number of thiophene rings is 1. The second kappa shape index (κ2) is 6.37. The molecule has 6 heteroatoms. The van der Waals surface area contributed by atoms with Gasteiger partial charge in [-0.15, -0.1) is 11.3 Å². The first kappa shape index (κ1) is 14.5. The molecule has 1 aromatic heterocycles. The number of likely N-dealkylation sites (N-methyl/N-ethyl adjacent to an activating group) is 1. The van der Waals surface area contributed by atoms with Gasteiger partial charge in [0, 0.05) is 18.0 Å². The average molecular weight is 322 g/mol. The number of carbonyl (C=O) groups is 1. The molecule has 0 aliphatic carbocycles. The Balaban J connectivity index is 3.06. The van der Waals surface area contributed by atoms with Crippen LogP contribution in [0, 0.1) is 6.92 Å². The van der Waals surface area contributed by atoms with Gasteiger partial charge in [-0.25, -0.2) is 0 Å². The van der Waals surface area contributed by atoms with Gasteiger partial charge in [-0.3, -0.25) is 4.79 Å². The van der Waals surface area contributed by atoms with Crippen molar-refractivity contribution >= 4 is 33.2 Å². The highest BCUT2D eigenvalue weighted by atomic mass is 79.9. The topological polar surface area (TPSA) is 49.8 Å². The minimum Gasteiger partial charge on any atom is -0.494 e. The smallest absolute Gasteiger partial charge is 0.267 e.